The van der Waals surface area contributed by atoms with Crippen LogP contribution in [-0.4, -0.2) is 36.8 Å². The van der Waals surface area contributed by atoms with Gasteiger partial charge in [-0.05, 0) is 25.0 Å². The number of sulfonamides is 1. The molecule has 8 heteroatoms. The van der Waals surface area contributed by atoms with Crippen LogP contribution in [0, 0.1) is 0 Å². The summed E-state index contributed by atoms with van der Waals surface area (Å²) >= 11 is 0. The molecule has 1 saturated carbocycles. The number of nitrogens with zero attached hydrogens (tertiary/aromatic N) is 2. The molecule has 0 atom stereocenters. The lowest BCUT2D eigenvalue weighted by atomic mass is 10.2. The first-order chi connectivity index (χ1) is 11.9. The molecule has 1 aliphatic carbocycles. The Bertz CT molecular complexity index is 863. The van der Waals surface area contributed by atoms with Crippen molar-refractivity contribution in [2.75, 3.05) is 6.26 Å². The summed E-state index contributed by atoms with van der Waals surface area (Å²) in [5, 5.41) is 2.18. The number of urea groups is 1. The van der Waals surface area contributed by atoms with Gasteiger partial charge in [-0.3, -0.25) is 9.82 Å². The van der Waals surface area contributed by atoms with E-state index in [-0.39, 0.29) is 12.6 Å². The third-order valence-electron chi connectivity index (χ3n) is 4.14. The quantitative estimate of drug-likeness (QED) is 0.825. The maximum absolute atomic E-state index is 12.3. The molecular formula is C17H21N3O4S. The number of hydrogen-bond acceptors (Lipinski definition) is 5. The number of nitrogens with one attached hydrogen (secondary N) is 1. The third kappa shape index (κ3) is 4.67. The summed E-state index contributed by atoms with van der Waals surface area (Å²) in [7, 11) is -3.65. The molecule has 1 aliphatic rings. The van der Waals surface area contributed by atoms with Gasteiger partial charge in [0.05, 0.1) is 23.5 Å². The maximum Gasteiger partial charge on any atom is 0.355 e. The fourth-order valence-electron chi connectivity index (χ4n) is 3.00. The van der Waals surface area contributed by atoms with Crippen molar-refractivity contribution >= 4 is 27.0 Å². The summed E-state index contributed by atoms with van der Waals surface area (Å²) in [6.07, 6.45) is 4.52. The van der Waals surface area contributed by atoms with Crippen LogP contribution in [0.2, 0.25) is 0 Å². The molecule has 1 N–H and O–H groups in total. The van der Waals surface area contributed by atoms with E-state index in [1.807, 2.05) is 41.1 Å². The molecular weight excluding hydrogens is 342 g/mol. The predicted octanol–water partition coefficient (Wildman–Crippen LogP) is 2.58. The molecule has 0 aliphatic heterocycles. The molecule has 0 bridgehead atoms. The number of aromatic nitrogens is 1. The Balaban J connectivity index is 1.73. The van der Waals surface area contributed by atoms with Crippen LogP contribution in [-0.2, 0) is 21.5 Å². The largest absolute Gasteiger partial charge is 0.355 e. The molecule has 2 amide bonds. The van der Waals surface area contributed by atoms with Gasteiger partial charge in [-0.2, -0.15) is 5.06 Å². The van der Waals surface area contributed by atoms with E-state index >= 15 is 0 Å². The average molecular weight is 363 g/mol. The van der Waals surface area contributed by atoms with Crippen LogP contribution in [0.4, 0.5) is 4.79 Å². The number of hydroxylamine groups is 2. The standard InChI is InChI=1S/C17H21N3O4S/c1-25(22,23)19-17(21)20(15-7-3-4-8-15)24-12-14-11-10-13-6-2-5-9-16(13)18-14/h2,5-6,9-11,15H,3-4,7-8,12H2,1H3,(H,19,21). The molecule has 1 aromatic heterocycles. The highest BCUT2D eigenvalue weighted by molar-refractivity contribution is 7.89. The van der Waals surface area contributed by atoms with E-state index in [4.69, 9.17) is 4.84 Å². The smallest absolute Gasteiger partial charge is 0.263 e. The first-order valence-electron chi connectivity index (χ1n) is 8.21. The van der Waals surface area contributed by atoms with Crippen molar-refractivity contribution in [3.63, 3.8) is 0 Å². The Morgan fingerprint density at radius 2 is 1.96 bits per heavy atom. The second-order valence-corrected chi connectivity index (χ2v) is 7.96. The SMILES string of the molecule is CS(=O)(=O)NC(=O)N(OCc1ccc2ccccc2n1)C1CCCC1. The number of benzene rings is 1. The van der Waals surface area contributed by atoms with Gasteiger partial charge in [0.1, 0.15) is 6.61 Å². The van der Waals surface area contributed by atoms with Crippen molar-refractivity contribution in [3.8, 4) is 0 Å². The molecule has 2 aromatic rings. The Morgan fingerprint density at radius 3 is 2.68 bits per heavy atom. The van der Waals surface area contributed by atoms with Gasteiger partial charge in [-0.25, -0.2) is 17.9 Å². The second-order valence-electron chi connectivity index (χ2n) is 6.21. The zero-order chi connectivity index (χ0) is 17.9. The number of para-hydroxylation sites is 1. The van der Waals surface area contributed by atoms with Crippen LogP contribution >= 0.6 is 0 Å². The van der Waals surface area contributed by atoms with Crippen molar-refractivity contribution in [2.45, 2.75) is 38.3 Å². The van der Waals surface area contributed by atoms with Crippen molar-refractivity contribution in [3.05, 3.63) is 42.1 Å². The van der Waals surface area contributed by atoms with Gasteiger partial charge in [0, 0.05) is 5.39 Å². The highest BCUT2D eigenvalue weighted by Crippen LogP contribution is 2.24. The van der Waals surface area contributed by atoms with E-state index in [2.05, 4.69) is 4.98 Å². The zero-order valence-corrected chi connectivity index (χ0v) is 14.8. The Hall–Kier alpha value is -2.19. The first-order valence-corrected chi connectivity index (χ1v) is 10.1. The van der Waals surface area contributed by atoms with Gasteiger partial charge < -0.3 is 0 Å². The molecule has 1 aromatic carbocycles. The molecule has 0 saturated heterocycles. The van der Waals surface area contributed by atoms with Crippen LogP contribution in [0.3, 0.4) is 0 Å². The van der Waals surface area contributed by atoms with E-state index in [0.717, 1.165) is 47.9 Å². The number of carbonyl (C=O) groups excluding carboxylic acids is 1. The average Bonchev–Trinajstić information content (AvgIpc) is 3.07. The van der Waals surface area contributed by atoms with Crippen LogP contribution in [0.15, 0.2) is 36.4 Å². The Kier molecular flexibility index (Phi) is 5.19. The van der Waals surface area contributed by atoms with Gasteiger partial charge >= 0.3 is 6.03 Å². The van der Waals surface area contributed by atoms with Gasteiger partial charge in [0.2, 0.25) is 10.0 Å². The lowest BCUT2D eigenvalue weighted by Gasteiger charge is -2.27. The normalized spacial score (nSPS) is 15.4. The second kappa shape index (κ2) is 7.37. The van der Waals surface area contributed by atoms with Gasteiger partial charge in [-0.15, -0.1) is 0 Å². The number of carbonyl (C=O) groups is 1. The van der Waals surface area contributed by atoms with E-state index in [0.29, 0.717) is 5.69 Å². The Labute approximate surface area is 147 Å². The summed E-state index contributed by atoms with van der Waals surface area (Å²) in [6.45, 7) is 0.0958. The van der Waals surface area contributed by atoms with E-state index in [1.165, 1.54) is 0 Å². The molecule has 7 nitrogen and oxygen atoms in total. The number of amides is 2. The molecule has 1 heterocycles. The number of fused-ring (bicyclic) bond motifs is 1. The van der Waals surface area contributed by atoms with Gasteiger partial charge in [-0.1, -0.05) is 37.1 Å². The first kappa shape index (κ1) is 17.6. The Morgan fingerprint density at radius 1 is 1.24 bits per heavy atom. The van der Waals surface area contributed by atoms with E-state index in [1.54, 1.807) is 0 Å². The molecule has 3 rings (SSSR count). The molecule has 0 radical (unpaired) electrons. The highest BCUT2D eigenvalue weighted by Gasteiger charge is 2.29. The van der Waals surface area contributed by atoms with Crippen molar-refractivity contribution < 1.29 is 18.0 Å². The van der Waals surface area contributed by atoms with Crippen LogP contribution in [0.25, 0.3) is 10.9 Å². The third-order valence-corrected chi connectivity index (χ3v) is 4.68. The molecule has 134 valence electrons. The van der Waals surface area contributed by atoms with Gasteiger partial charge in [0.25, 0.3) is 0 Å². The van der Waals surface area contributed by atoms with Crippen molar-refractivity contribution in [1.82, 2.24) is 14.8 Å². The van der Waals surface area contributed by atoms with Crippen LogP contribution < -0.4 is 4.72 Å². The van der Waals surface area contributed by atoms with E-state index < -0.39 is 16.1 Å². The van der Waals surface area contributed by atoms with Crippen LogP contribution in [0.1, 0.15) is 31.4 Å². The summed E-state index contributed by atoms with van der Waals surface area (Å²) in [5.74, 6) is 0. The monoisotopic (exact) mass is 363 g/mol. The summed E-state index contributed by atoms with van der Waals surface area (Å²) in [6, 6.07) is 10.6. The fourth-order valence-corrected chi connectivity index (χ4v) is 3.40. The lowest BCUT2D eigenvalue weighted by Crippen LogP contribution is -2.46. The van der Waals surface area contributed by atoms with Crippen LogP contribution in [0.5, 0.6) is 0 Å². The predicted molar refractivity (Wildman–Crippen MR) is 94.0 cm³/mol. The number of pyridine rings is 1. The molecule has 0 unspecified atom stereocenters. The molecule has 0 spiro atoms. The topological polar surface area (TPSA) is 88.6 Å². The summed E-state index contributed by atoms with van der Waals surface area (Å²) in [4.78, 5) is 22.4. The zero-order valence-electron chi connectivity index (χ0n) is 14.0. The van der Waals surface area contributed by atoms with E-state index in [9.17, 15) is 13.2 Å². The maximum atomic E-state index is 12.3. The molecule has 1 fully saturated rings. The minimum Gasteiger partial charge on any atom is -0.263 e. The number of rotatable bonds is 5. The van der Waals surface area contributed by atoms with Crippen molar-refractivity contribution in [1.29, 1.82) is 0 Å². The van der Waals surface area contributed by atoms with Gasteiger partial charge in [0.15, 0.2) is 0 Å². The highest BCUT2D eigenvalue weighted by atomic mass is 32.2. The summed E-state index contributed by atoms with van der Waals surface area (Å²) in [5.41, 5.74) is 1.52. The lowest BCUT2D eigenvalue weighted by molar-refractivity contribution is -0.152. The summed E-state index contributed by atoms with van der Waals surface area (Å²) < 4.78 is 24.7. The number of hydrogen-bond donors (Lipinski definition) is 1. The minimum absolute atomic E-state index is 0.0958. The minimum atomic E-state index is -3.65. The fraction of sp³-hybridized carbons (Fsp3) is 0.412. The molecule has 25 heavy (non-hydrogen) atoms. The van der Waals surface area contributed by atoms with Crippen molar-refractivity contribution in [2.24, 2.45) is 0 Å².